The summed E-state index contributed by atoms with van der Waals surface area (Å²) in [5.41, 5.74) is 7.72. The number of nitrogens with zero attached hydrogens (tertiary/aromatic N) is 4. The number of carbonyl (C=O) groups excluding carboxylic acids is 1. The number of carbonyl (C=O) groups is 1. The molecular weight excluding hydrogens is 642 g/mol. The van der Waals surface area contributed by atoms with Gasteiger partial charge in [0.15, 0.2) is 5.16 Å². The number of halogens is 1. The number of thiophene rings is 1. The topological polar surface area (TPSA) is 81.3 Å². The summed E-state index contributed by atoms with van der Waals surface area (Å²) in [6, 6.07) is 22.2. The fourth-order valence-corrected chi connectivity index (χ4v) is 8.31. The van der Waals surface area contributed by atoms with Crippen molar-refractivity contribution in [3.8, 4) is 5.69 Å². The number of thioether (sulfide) groups is 1. The van der Waals surface area contributed by atoms with Crippen molar-refractivity contribution in [3.63, 3.8) is 0 Å². The van der Waals surface area contributed by atoms with Gasteiger partial charge in [0.05, 0.1) is 23.0 Å². The minimum absolute atomic E-state index is 0.0694. The van der Waals surface area contributed by atoms with E-state index in [2.05, 4.69) is 74.3 Å². The normalized spacial score (nSPS) is 13.3. The molecule has 0 radical (unpaired) electrons. The number of hydrazone groups is 1. The molecule has 0 saturated heterocycles. The number of aryl methyl sites for hydroxylation is 3. The second-order valence-electron chi connectivity index (χ2n) is 10.5. The maximum atomic E-state index is 13.9. The third-order valence-corrected chi connectivity index (χ3v) is 10.5. The second kappa shape index (κ2) is 11.7. The first-order chi connectivity index (χ1) is 21.0. The predicted octanol–water partition coefficient (Wildman–Crippen LogP) is 7.46. The summed E-state index contributed by atoms with van der Waals surface area (Å²) in [6.07, 6.45) is 5.79. The summed E-state index contributed by atoms with van der Waals surface area (Å²) in [4.78, 5) is 33.7. The van der Waals surface area contributed by atoms with E-state index in [1.807, 2.05) is 30.3 Å². The van der Waals surface area contributed by atoms with Crippen LogP contribution in [0, 0.1) is 0 Å². The molecule has 7 rings (SSSR count). The molecule has 0 spiro atoms. The van der Waals surface area contributed by atoms with Crippen LogP contribution in [-0.2, 0) is 24.2 Å². The number of para-hydroxylation sites is 1. The Balaban J connectivity index is 1.13. The molecule has 1 amide bonds. The molecule has 3 aromatic heterocycles. The monoisotopic (exact) mass is 669 g/mol. The van der Waals surface area contributed by atoms with Gasteiger partial charge in [-0.05, 0) is 86.2 Å². The van der Waals surface area contributed by atoms with E-state index in [1.54, 1.807) is 22.1 Å². The lowest BCUT2D eigenvalue weighted by molar-refractivity contribution is -0.118. The van der Waals surface area contributed by atoms with E-state index in [4.69, 9.17) is 4.98 Å². The fourth-order valence-electron chi connectivity index (χ4n) is 5.93. The number of aromatic nitrogens is 3. The van der Waals surface area contributed by atoms with Crippen LogP contribution in [0.2, 0.25) is 0 Å². The Kier molecular flexibility index (Phi) is 7.67. The summed E-state index contributed by atoms with van der Waals surface area (Å²) in [5.74, 6) is -0.202. The van der Waals surface area contributed by atoms with Crippen LogP contribution in [0.5, 0.6) is 0 Å². The van der Waals surface area contributed by atoms with Gasteiger partial charge in [0.25, 0.3) is 11.5 Å². The highest BCUT2D eigenvalue weighted by molar-refractivity contribution is 9.10. The molecule has 1 N–H and O–H groups in total. The summed E-state index contributed by atoms with van der Waals surface area (Å²) in [6.45, 7) is 3.03. The van der Waals surface area contributed by atoms with Crippen LogP contribution >= 0.6 is 39.0 Å². The van der Waals surface area contributed by atoms with E-state index in [1.165, 1.54) is 33.1 Å². The van der Waals surface area contributed by atoms with Crippen molar-refractivity contribution in [1.82, 2.24) is 19.5 Å². The largest absolute Gasteiger partial charge is 0.341 e. The van der Waals surface area contributed by atoms with Crippen LogP contribution in [-0.4, -0.2) is 32.0 Å². The van der Waals surface area contributed by atoms with Gasteiger partial charge in [0.2, 0.25) is 0 Å². The molecule has 10 heteroatoms. The van der Waals surface area contributed by atoms with Crippen LogP contribution in [0.3, 0.4) is 0 Å². The molecular formula is C33H28BrN5O2S2. The van der Waals surface area contributed by atoms with Crippen molar-refractivity contribution in [3.05, 3.63) is 97.6 Å². The van der Waals surface area contributed by atoms with E-state index >= 15 is 0 Å². The summed E-state index contributed by atoms with van der Waals surface area (Å²) in [5, 5.41) is 7.81. The average molecular weight is 671 g/mol. The van der Waals surface area contributed by atoms with Crippen LogP contribution in [0.25, 0.3) is 37.7 Å². The maximum Gasteiger partial charge on any atom is 0.267 e. The molecule has 216 valence electrons. The molecule has 0 fully saturated rings. The number of benzene rings is 3. The van der Waals surface area contributed by atoms with E-state index in [0.717, 1.165) is 69.1 Å². The Bertz CT molecular complexity index is 2110. The Hall–Kier alpha value is -3.73. The highest BCUT2D eigenvalue weighted by Gasteiger charge is 2.23. The van der Waals surface area contributed by atoms with Crippen molar-refractivity contribution in [2.24, 2.45) is 5.10 Å². The standard InChI is InChI=1S/C33H28BrN5O2S2/c1-2-38-26-9-5-3-7-23(26)25-17-20(11-16-27(25)38)18-35-37-29(40)19-42-33-36-31-30(24-8-4-6-10-28(24)43-31)32(41)39(33)22-14-12-21(34)13-15-22/h3,5,7,9,11-18H,2,4,6,8,10,19H2,1H3,(H,37,40). The number of nitrogens with one attached hydrogen (secondary N) is 1. The zero-order valence-corrected chi connectivity index (χ0v) is 26.7. The molecule has 0 bridgehead atoms. The predicted molar refractivity (Wildman–Crippen MR) is 181 cm³/mol. The van der Waals surface area contributed by atoms with Crippen LogP contribution in [0.15, 0.2) is 86.3 Å². The van der Waals surface area contributed by atoms with Gasteiger partial charge < -0.3 is 4.57 Å². The number of hydrogen-bond acceptors (Lipinski definition) is 6. The van der Waals surface area contributed by atoms with Crippen molar-refractivity contribution >= 4 is 83.2 Å². The van der Waals surface area contributed by atoms with Gasteiger partial charge in [0.1, 0.15) is 4.83 Å². The highest BCUT2D eigenvalue weighted by Crippen LogP contribution is 2.35. The zero-order valence-electron chi connectivity index (χ0n) is 23.5. The molecule has 7 nitrogen and oxygen atoms in total. The third kappa shape index (κ3) is 5.21. The van der Waals surface area contributed by atoms with Gasteiger partial charge in [-0.15, -0.1) is 11.3 Å². The lowest BCUT2D eigenvalue weighted by Gasteiger charge is -2.13. The van der Waals surface area contributed by atoms with Crippen molar-refractivity contribution in [2.45, 2.75) is 44.3 Å². The molecule has 6 aromatic rings. The SMILES string of the molecule is CCn1c2ccccc2c2cc(C=NNC(=O)CSc3nc4sc5c(c4c(=O)n3-c3ccc(Br)cc3)CCCC5)ccc21. The van der Waals surface area contributed by atoms with Gasteiger partial charge in [-0.3, -0.25) is 14.2 Å². The first-order valence-electron chi connectivity index (χ1n) is 14.3. The fraction of sp³-hybridized carbons (Fsp3) is 0.212. The van der Waals surface area contributed by atoms with Crippen LogP contribution < -0.4 is 11.0 Å². The Labute approximate surface area is 264 Å². The van der Waals surface area contributed by atoms with Crippen LogP contribution in [0.4, 0.5) is 0 Å². The minimum atomic E-state index is -0.271. The number of amides is 1. The van der Waals surface area contributed by atoms with Crippen molar-refractivity contribution in [1.29, 1.82) is 0 Å². The molecule has 0 atom stereocenters. The molecule has 3 heterocycles. The average Bonchev–Trinajstić information content (AvgIpc) is 3.56. The summed E-state index contributed by atoms with van der Waals surface area (Å²) >= 11 is 6.34. The molecule has 43 heavy (non-hydrogen) atoms. The lowest BCUT2D eigenvalue weighted by Crippen LogP contribution is -2.24. The van der Waals surface area contributed by atoms with Gasteiger partial charge in [-0.1, -0.05) is 52.0 Å². The molecule has 0 unspecified atom stereocenters. The Morgan fingerprint density at radius 3 is 2.70 bits per heavy atom. The van der Waals surface area contributed by atoms with E-state index < -0.39 is 0 Å². The first kappa shape index (κ1) is 28.1. The van der Waals surface area contributed by atoms with Gasteiger partial charge in [-0.2, -0.15) is 5.10 Å². The quantitative estimate of drug-likeness (QED) is 0.0828. The molecule has 1 aliphatic rings. The van der Waals surface area contributed by atoms with Crippen molar-refractivity contribution < 1.29 is 4.79 Å². The molecule has 3 aromatic carbocycles. The van der Waals surface area contributed by atoms with Crippen LogP contribution in [0.1, 0.15) is 35.8 Å². The van der Waals surface area contributed by atoms with Gasteiger partial charge in [-0.25, -0.2) is 10.4 Å². The first-order valence-corrected chi connectivity index (χ1v) is 16.9. The maximum absolute atomic E-state index is 13.9. The molecule has 0 saturated carbocycles. The Morgan fingerprint density at radius 1 is 1.07 bits per heavy atom. The third-order valence-electron chi connectivity index (χ3n) is 7.89. The summed E-state index contributed by atoms with van der Waals surface area (Å²) in [7, 11) is 0. The lowest BCUT2D eigenvalue weighted by atomic mass is 9.97. The van der Waals surface area contributed by atoms with Gasteiger partial charge >= 0.3 is 0 Å². The summed E-state index contributed by atoms with van der Waals surface area (Å²) < 4.78 is 4.86. The number of fused-ring (bicyclic) bond motifs is 6. The molecule has 0 aliphatic heterocycles. The highest BCUT2D eigenvalue weighted by atomic mass is 79.9. The smallest absolute Gasteiger partial charge is 0.267 e. The van der Waals surface area contributed by atoms with E-state index in [-0.39, 0.29) is 17.2 Å². The zero-order chi connectivity index (χ0) is 29.5. The van der Waals surface area contributed by atoms with Crippen molar-refractivity contribution in [2.75, 3.05) is 5.75 Å². The van der Waals surface area contributed by atoms with E-state index in [0.29, 0.717) is 5.16 Å². The molecule has 1 aliphatic carbocycles. The number of hydrogen-bond donors (Lipinski definition) is 1. The Morgan fingerprint density at radius 2 is 1.86 bits per heavy atom. The van der Waals surface area contributed by atoms with E-state index in [9.17, 15) is 9.59 Å². The van der Waals surface area contributed by atoms with Gasteiger partial charge in [0, 0.05) is 37.7 Å². The second-order valence-corrected chi connectivity index (χ2v) is 13.5. The minimum Gasteiger partial charge on any atom is -0.341 e. The number of rotatable bonds is 7.